The number of aromatic nitrogens is 1. The lowest BCUT2D eigenvalue weighted by molar-refractivity contribution is -0.130. The summed E-state index contributed by atoms with van der Waals surface area (Å²) in [6.45, 7) is 10.1. The molecule has 2 aliphatic heterocycles. The van der Waals surface area contributed by atoms with Gasteiger partial charge in [-0.1, -0.05) is 25.9 Å². The zero-order chi connectivity index (χ0) is 21.2. The van der Waals surface area contributed by atoms with E-state index in [-0.39, 0.29) is 23.3 Å². The lowest BCUT2D eigenvalue weighted by Gasteiger charge is -2.41. The number of likely N-dealkylation sites (tertiary alicyclic amines) is 1. The number of anilines is 1. The van der Waals surface area contributed by atoms with Gasteiger partial charge in [-0.3, -0.25) is 9.59 Å². The average molecular weight is 405 g/mol. The normalized spacial score (nSPS) is 20.6. The number of piperidine rings is 1. The molecule has 0 radical (unpaired) electrons. The Morgan fingerprint density at radius 3 is 2.31 bits per heavy atom. The largest absolute Gasteiger partial charge is 0.359 e. The van der Waals surface area contributed by atoms with Crippen molar-refractivity contribution in [2.24, 2.45) is 0 Å². The molecule has 1 aromatic heterocycles. The van der Waals surface area contributed by atoms with Gasteiger partial charge in [0.05, 0.1) is 0 Å². The van der Waals surface area contributed by atoms with Crippen LogP contribution in [-0.2, 0) is 15.0 Å². The van der Waals surface area contributed by atoms with Gasteiger partial charge in [0.2, 0.25) is 11.8 Å². The van der Waals surface area contributed by atoms with Crippen LogP contribution in [0.25, 0.3) is 0 Å². The van der Waals surface area contributed by atoms with E-state index >= 15 is 0 Å². The quantitative estimate of drug-likeness (QED) is 0.812. The summed E-state index contributed by atoms with van der Waals surface area (Å²) in [5, 5.41) is 6.75. The van der Waals surface area contributed by atoms with E-state index in [1.807, 2.05) is 20.8 Å². The minimum Gasteiger partial charge on any atom is -0.359 e. The molecule has 29 heavy (non-hydrogen) atoms. The minimum atomic E-state index is -0.531. The number of urea groups is 1. The molecular weight excluding hydrogens is 374 g/mol. The predicted octanol–water partition coefficient (Wildman–Crippen LogP) is 2.05. The Morgan fingerprint density at radius 2 is 1.72 bits per heavy atom. The monoisotopic (exact) mass is 405 g/mol. The molecule has 160 valence electrons. The fourth-order valence-electron chi connectivity index (χ4n) is 3.72. The second-order valence-corrected chi connectivity index (χ2v) is 8.80. The topological polar surface area (TPSA) is 99.0 Å². The van der Waals surface area contributed by atoms with Crippen LogP contribution in [0.4, 0.5) is 10.6 Å². The van der Waals surface area contributed by atoms with Gasteiger partial charge in [-0.05, 0) is 19.3 Å². The van der Waals surface area contributed by atoms with E-state index in [1.165, 1.54) is 6.92 Å². The Bertz CT molecular complexity index is 761. The van der Waals surface area contributed by atoms with Crippen molar-refractivity contribution in [3.8, 4) is 0 Å². The first-order valence-corrected chi connectivity index (χ1v) is 10.3. The number of amides is 4. The Balaban J connectivity index is 1.64. The van der Waals surface area contributed by atoms with Crippen molar-refractivity contribution < 1.29 is 18.9 Å². The Labute approximate surface area is 171 Å². The van der Waals surface area contributed by atoms with Gasteiger partial charge in [-0.25, -0.2) is 4.79 Å². The molecule has 1 N–H and O–H groups in total. The van der Waals surface area contributed by atoms with E-state index in [0.29, 0.717) is 50.7 Å². The Morgan fingerprint density at radius 1 is 1.07 bits per heavy atom. The van der Waals surface area contributed by atoms with E-state index in [4.69, 9.17) is 4.52 Å². The number of piperazine rings is 1. The zero-order valence-electron chi connectivity index (χ0n) is 17.7. The van der Waals surface area contributed by atoms with Gasteiger partial charge in [0, 0.05) is 51.1 Å². The van der Waals surface area contributed by atoms with Crippen LogP contribution >= 0.6 is 0 Å². The van der Waals surface area contributed by atoms with Crippen molar-refractivity contribution in [1.29, 1.82) is 0 Å². The fraction of sp³-hybridized carbons (Fsp3) is 0.700. The molecule has 0 unspecified atom stereocenters. The maximum absolute atomic E-state index is 13.1. The van der Waals surface area contributed by atoms with Crippen molar-refractivity contribution >= 4 is 23.7 Å². The van der Waals surface area contributed by atoms with E-state index in [1.54, 1.807) is 20.8 Å². The van der Waals surface area contributed by atoms with Crippen LogP contribution in [0.2, 0.25) is 0 Å². The van der Waals surface area contributed by atoms with E-state index in [9.17, 15) is 14.4 Å². The first kappa shape index (κ1) is 21.1. The third kappa shape index (κ3) is 4.89. The standard InChI is InChI=1S/C20H31N5O4/c1-14(26)23-9-11-24(12-10-23)19(28)25-8-6-5-7-15(25)18(27)21-17-13-16(29-22-17)20(2,3)4/h13,15H,5-12H2,1-4H3,(H,21,22,27)/t15-/m0/s1. The van der Waals surface area contributed by atoms with Crippen LogP contribution in [0.15, 0.2) is 10.6 Å². The summed E-state index contributed by atoms with van der Waals surface area (Å²) in [5.41, 5.74) is -0.204. The van der Waals surface area contributed by atoms with Gasteiger partial charge in [-0.2, -0.15) is 0 Å². The zero-order valence-corrected chi connectivity index (χ0v) is 17.7. The summed E-state index contributed by atoms with van der Waals surface area (Å²) in [6, 6.07) is 1.06. The fourth-order valence-corrected chi connectivity index (χ4v) is 3.72. The maximum Gasteiger partial charge on any atom is 0.320 e. The first-order chi connectivity index (χ1) is 13.7. The lowest BCUT2D eigenvalue weighted by atomic mass is 9.93. The molecule has 0 aliphatic carbocycles. The highest BCUT2D eigenvalue weighted by atomic mass is 16.5. The summed E-state index contributed by atoms with van der Waals surface area (Å²) >= 11 is 0. The molecule has 2 aliphatic rings. The van der Waals surface area contributed by atoms with Crippen LogP contribution in [-0.4, -0.2) is 76.5 Å². The van der Waals surface area contributed by atoms with Crippen molar-refractivity contribution in [2.75, 3.05) is 38.0 Å². The first-order valence-electron chi connectivity index (χ1n) is 10.3. The summed E-state index contributed by atoms with van der Waals surface area (Å²) in [4.78, 5) is 42.6. The second kappa shape index (κ2) is 8.42. The molecule has 3 heterocycles. The number of nitrogens with one attached hydrogen (secondary N) is 1. The summed E-state index contributed by atoms with van der Waals surface area (Å²) < 4.78 is 5.33. The van der Waals surface area contributed by atoms with Gasteiger partial charge < -0.3 is 24.5 Å². The van der Waals surface area contributed by atoms with Crippen molar-refractivity contribution in [1.82, 2.24) is 19.9 Å². The third-order valence-electron chi connectivity index (χ3n) is 5.55. The molecule has 1 atom stereocenters. The lowest BCUT2D eigenvalue weighted by Crippen LogP contribution is -2.58. The molecule has 1 aromatic rings. The van der Waals surface area contributed by atoms with E-state index in [0.717, 1.165) is 12.8 Å². The van der Waals surface area contributed by atoms with Crippen LogP contribution < -0.4 is 5.32 Å². The third-order valence-corrected chi connectivity index (χ3v) is 5.55. The van der Waals surface area contributed by atoms with Crippen molar-refractivity contribution in [2.45, 2.75) is 58.4 Å². The van der Waals surface area contributed by atoms with Gasteiger partial charge in [0.25, 0.3) is 0 Å². The highest BCUT2D eigenvalue weighted by molar-refractivity contribution is 5.96. The molecular formula is C20H31N5O4. The minimum absolute atomic E-state index is 0.0227. The van der Waals surface area contributed by atoms with Gasteiger partial charge in [0.1, 0.15) is 11.8 Å². The average Bonchev–Trinajstić information content (AvgIpc) is 3.16. The SMILES string of the molecule is CC(=O)N1CCN(C(=O)N2CCCC[C@H]2C(=O)Nc2cc(C(C)(C)C)on2)CC1. The van der Waals surface area contributed by atoms with E-state index < -0.39 is 6.04 Å². The molecule has 3 rings (SSSR count). The van der Waals surface area contributed by atoms with Crippen molar-refractivity contribution in [3.63, 3.8) is 0 Å². The number of nitrogens with zero attached hydrogens (tertiary/aromatic N) is 4. The molecule has 2 fully saturated rings. The van der Waals surface area contributed by atoms with Gasteiger partial charge in [-0.15, -0.1) is 0 Å². The molecule has 9 nitrogen and oxygen atoms in total. The van der Waals surface area contributed by atoms with Crippen LogP contribution in [0.1, 0.15) is 52.7 Å². The molecule has 0 bridgehead atoms. The van der Waals surface area contributed by atoms with Crippen LogP contribution in [0.5, 0.6) is 0 Å². The molecule has 2 saturated heterocycles. The van der Waals surface area contributed by atoms with Crippen LogP contribution in [0.3, 0.4) is 0 Å². The number of hydrogen-bond acceptors (Lipinski definition) is 5. The second-order valence-electron chi connectivity index (χ2n) is 8.80. The highest BCUT2D eigenvalue weighted by Gasteiger charge is 2.36. The number of carbonyl (C=O) groups is 3. The summed E-state index contributed by atoms with van der Waals surface area (Å²) in [7, 11) is 0. The number of rotatable bonds is 2. The predicted molar refractivity (Wildman–Crippen MR) is 107 cm³/mol. The summed E-state index contributed by atoms with van der Waals surface area (Å²) in [6.07, 6.45) is 2.39. The van der Waals surface area contributed by atoms with E-state index in [2.05, 4.69) is 10.5 Å². The summed E-state index contributed by atoms with van der Waals surface area (Å²) in [5.74, 6) is 0.837. The molecule has 0 spiro atoms. The Kier molecular flexibility index (Phi) is 6.14. The highest BCUT2D eigenvalue weighted by Crippen LogP contribution is 2.25. The molecule has 0 saturated carbocycles. The van der Waals surface area contributed by atoms with Crippen LogP contribution in [0, 0.1) is 0 Å². The van der Waals surface area contributed by atoms with Gasteiger partial charge >= 0.3 is 6.03 Å². The van der Waals surface area contributed by atoms with Gasteiger partial charge in [0.15, 0.2) is 5.82 Å². The van der Waals surface area contributed by atoms with Crippen molar-refractivity contribution in [3.05, 3.63) is 11.8 Å². The molecule has 9 heteroatoms. The number of carbonyl (C=O) groups excluding carboxylic acids is 3. The molecule has 4 amide bonds. The maximum atomic E-state index is 13.1. The number of hydrogen-bond donors (Lipinski definition) is 1. The molecule has 0 aromatic carbocycles. The Hall–Kier alpha value is -2.58. The smallest absolute Gasteiger partial charge is 0.320 e.